The van der Waals surface area contributed by atoms with Gasteiger partial charge >= 0.3 is 5.97 Å². The van der Waals surface area contributed by atoms with Gasteiger partial charge in [-0.05, 0) is 69.5 Å². The maximum atomic E-state index is 10.5. The van der Waals surface area contributed by atoms with Gasteiger partial charge in [0.1, 0.15) is 0 Å². The Hall–Kier alpha value is -1.35. The summed E-state index contributed by atoms with van der Waals surface area (Å²) < 4.78 is 0. The fourth-order valence-electron chi connectivity index (χ4n) is 2.21. The molecule has 3 heteroatoms. The van der Waals surface area contributed by atoms with Crippen molar-refractivity contribution in [2.45, 2.75) is 40.0 Å². The van der Waals surface area contributed by atoms with Crippen molar-refractivity contribution in [3.8, 4) is 0 Å². The van der Waals surface area contributed by atoms with Crippen molar-refractivity contribution < 1.29 is 9.90 Å². The van der Waals surface area contributed by atoms with Crippen molar-refractivity contribution >= 4 is 5.97 Å². The van der Waals surface area contributed by atoms with Crippen LogP contribution >= 0.6 is 0 Å². The van der Waals surface area contributed by atoms with Gasteiger partial charge in [0.05, 0.1) is 0 Å². The fourth-order valence-corrected chi connectivity index (χ4v) is 2.21. The van der Waals surface area contributed by atoms with Crippen molar-refractivity contribution in [1.29, 1.82) is 0 Å². The van der Waals surface area contributed by atoms with Crippen molar-refractivity contribution in [3.05, 3.63) is 34.4 Å². The van der Waals surface area contributed by atoms with Crippen LogP contribution in [0.5, 0.6) is 0 Å². The lowest BCUT2D eigenvalue weighted by Gasteiger charge is -2.17. The highest BCUT2D eigenvalue weighted by Crippen LogP contribution is 2.16. The average Bonchev–Trinajstić information content (AvgIpc) is 2.31. The van der Waals surface area contributed by atoms with E-state index in [0.29, 0.717) is 0 Å². The predicted molar refractivity (Wildman–Crippen MR) is 78.7 cm³/mol. The highest BCUT2D eigenvalue weighted by molar-refractivity contribution is 5.66. The Bertz CT molecular complexity index is 441. The molecule has 1 aromatic rings. The van der Waals surface area contributed by atoms with Crippen molar-refractivity contribution in [2.24, 2.45) is 0 Å². The first kappa shape index (κ1) is 15.7. The van der Waals surface area contributed by atoms with Gasteiger partial charge in [0.15, 0.2) is 0 Å². The van der Waals surface area contributed by atoms with E-state index in [9.17, 15) is 4.79 Å². The molecule has 0 saturated carbocycles. The number of aliphatic carboxylic acids is 1. The highest BCUT2D eigenvalue weighted by Gasteiger charge is 2.05. The molecule has 0 radical (unpaired) electrons. The number of carboxylic acid groups (broad SMARTS) is 1. The molecule has 0 atom stereocenters. The lowest BCUT2D eigenvalue weighted by atomic mass is 9.99. The molecule has 0 aromatic heterocycles. The van der Waals surface area contributed by atoms with Crippen LogP contribution in [-0.4, -0.2) is 36.1 Å². The van der Waals surface area contributed by atoms with Crippen LogP contribution in [0.4, 0.5) is 0 Å². The molecular formula is C16H25NO2. The van der Waals surface area contributed by atoms with E-state index in [1.54, 1.807) is 0 Å². The normalized spacial score (nSPS) is 11.0. The van der Waals surface area contributed by atoms with Crippen LogP contribution in [0, 0.1) is 20.8 Å². The largest absolute Gasteiger partial charge is 0.481 e. The SMILES string of the molecule is Cc1cc(C)c(CCN(C)CCCC(=O)O)cc1C. The van der Waals surface area contributed by atoms with Crippen LogP contribution in [0.15, 0.2) is 12.1 Å². The Balaban J connectivity index is 2.44. The summed E-state index contributed by atoms with van der Waals surface area (Å²) in [5, 5.41) is 8.61. The summed E-state index contributed by atoms with van der Waals surface area (Å²) >= 11 is 0. The van der Waals surface area contributed by atoms with Gasteiger partial charge in [0, 0.05) is 13.0 Å². The number of carbonyl (C=O) groups is 1. The number of hydrogen-bond donors (Lipinski definition) is 1. The zero-order valence-electron chi connectivity index (χ0n) is 12.5. The molecule has 0 aliphatic carbocycles. The minimum Gasteiger partial charge on any atom is -0.481 e. The summed E-state index contributed by atoms with van der Waals surface area (Å²) in [6.07, 6.45) is 2.00. The number of benzene rings is 1. The van der Waals surface area contributed by atoms with Gasteiger partial charge in [-0.2, -0.15) is 0 Å². The molecule has 0 unspecified atom stereocenters. The summed E-state index contributed by atoms with van der Waals surface area (Å²) in [5.74, 6) is -0.710. The minimum absolute atomic E-state index is 0.257. The van der Waals surface area contributed by atoms with Crippen LogP contribution in [-0.2, 0) is 11.2 Å². The molecule has 1 rings (SSSR count). The van der Waals surface area contributed by atoms with Crippen LogP contribution in [0.1, 0.15) is 35.1 Å². The Kier molecular flexibility index (Phi) is 6.03. The lowest BCUT2D eigenvalue weighted by Crippen LogP contribution is -2.23. The third kappa shape index (κ3) is 5.43. The Morgan fingerprint density at radius 1 is 1.11 bits per heavy atom. The molecule has 0 saturated heterocycles. The molecule has 1 aromatic carbocycles. The maximum absolute atomic E-state index is 10.5. The third-order valence-electron chi connectivity index (χ3n) is 3.65. The van der Waals surface area contributed by atoms with Crippen LogP contribution < -0.4 is 0 Å². The number of rotatable bonds is 7. The summed E-state index contributed by atoms with van der Waals surface area (Å²) in [5.41, 5.74) is 5.43. The maximum Gasteiger partial charge on any atom is 0.303 e. The molecule has 0 amide bonds. The minimum atomic E-state index is -0.710. The molecule has 0 bridgehead atoms. The predicted octanol–water partition coefficient (Wildman–Crippen LogP) is 2.95. The summed E-state index contributed by atoms with van der Waals surface area (Å²) in [4.78, 5) is 12.7. The molecule has 0 fully saturated rings. The summed E-state index contributed by atoms with van der Waals surface area (Å²) in [7, 11) is 2.05. The van der Waals surface area contributed by atoms with Crippen molar-refractivity contribution in [3.63, 3.8) is 0 Å². The lowest BCUT2D eigenvalue weighted by molar-refractivity contribution is -0.137. The first-order valence-electron chi connectivity index (χ1n) is 6.87. The van der Waals surface area contributed by atoms with E-state index in [2.05, 4.69) is 44.9 Å². The molecule has 1 N–H and O–H groups in total. The second kappa shape index (κ2) is 7.29. The fraction of sp³-hybridized carbons (Fsp3) is 0.562. The summed E-state index contributed by atoms with van der Waals surface area (Å²) in [6.45, 7) is 8.27. The summed E-state index contributed by atoms with van der Waals surface area (Å²) in [6, 6.07) is 4.52. The second-order valence-corrected chi connectivity index (χ2v) is 5.41. The first-order valence-corrected chi connectivity index (χ1v) is 6.87. The molecule has 0 aliphatic rings. The standard InChI is InChI=1S/C16H25NO2/c1-12-10-14(3)15(11-13(12)2)7-9-17(4)8-5-6-16(18)19/h10-11H,5-9H2,1-4H3,(H,18,19). The van der Waals surface area contributed by atoms with E-state index in [1.165, 1.54) is 22.3 Å². The van der Waals surface area contributed by atoms with Gasteiger partial charge in [-0.3, -0.25) is 4.79 Å². The smallest absolute Gasteiger partial charge is 0.303 e. The number of aryl methyl sites for hydroxylation is 3. The van der Waals surface area contributed by atoms with E-state index in [0.717, 1.165) is 25.9 Å². The highest BCUT2D eigenvalue weighted by atomic mass is 16.4. The van der Waals surface area contributed by atoms with Crippen molar-refractivity contribution in [1.82, 2.24) is 4.90 Å². The van der Waals surface area contributed by atoms with Crippen LogP contribution in [0.25, 0.3) is 0 Å². The van der Waals surface area contributed by atoms with E-state index < -0.39 is 5.97 Å². The van der Waals surface area contributed by atoms with Crippen molar-refractivity contribution in [2.75, 3.05) is 20.1 Å². The Labute approximate surface area is 116 Å². The first-order chi connectivity index (χ1) is 8.90. The van der Waals surface area contributed by atoms with Gasteiger partial charge in [0.25, 0.3) is 0 Å². The number of likely N-dealkylation sites (N-methyl/N-ethyl adjacent to an activating group) is 1. The molecule has 0 spiro atoms. The van der Waals surface area contributed by atoms with E-state index in [1.807, 2.05) is 0 Å². The van der Waals surface area contributed by atoms with Crippen LogP contribution in [0.3, 0.4) is 0 Å². The second-order valence-electron chi connectivity index (χ2n) is 5.41. The molecule has 106 valence electrons. The number of hydrogen-bond acceptors (Lipinski definition) is 2. The molecule has 0 aliphatic heterocycles. The average molecular weight is 263 g/mol. The van der Waals surface area contributed by atoms with E-state index >= 15 is 0 Å². The molecular weight excluding hydrogens is 238 g/mol. The van der Waals surface area contributed by atoms with Gasteiger partial charge in [-0.25, -0.2) is 0 Å². The van der Waals surface area contributed by atoms with Gasteiger partial charge < -0.3 is 10.0 Å². The zero-order chi connectivity index (χ0) is 14.4. The molecule has 3 nitrogen and oxygen atoms in total. The molecule has 0 heterocycles. The van der Waals surface area contributed by atoms with E-state index in [-0.39, 0.29) is 6.42 Å². The quantitative estimate of drug-likeness (QED) is 0.822. The topological polar surface area (TPSA) is 40.5 Å². The Morgan fingerprint density at radius 2 is 1.74 bits per heavy atom. The van der Waals surface area contributed by atoms with Gasteiger partial charge in [0.2, 0.25) is 0 Å². The monoisotopic (exact) mass is 263 g/mol. The Morgan fingerprint density at radius 3 is 2.37 bits per heavy atom. The molecule has 19 heavy (non-hydrogen) atoms. The number of nitrogens with zero attached hydrogens (tertiary/aromatic N) is 1. The van der Waals surface area contributed by atoms with Gasteiger partial charge in [-0.15, -0.1) is 0 Å². The number of carboxylic acids is 1. The third-order valence-corrected chi connectivity index (χ3v) is 3.65. The van der Waals surface area contributed by atoms with Crippen LogP contribution in [0.2, 0.25) is 0 Å². The van der Waals surface area contributed by atoms with Gasteiger partial charge in [-0.1, -0.05) is 12.1 Å². The zero-order valence-corrected chi connectivity index (χ0v) is 12.5. The van der Waals surface area contributed by atoms with E-state index in [4.69, 9.17) is 5.11 Å².